The summed E-state index contributed by atoms with van der Waals surface area (Å²) < 4.78 is 19.4. The lowest BCUT2D eigenvalue weighted by Crippen LogP contribution is -2.61. The summed E-state index contributed by atoms with van der Waals surface area (Å²) in [6.07, 6.45) is 0.381. The zero-order chi connectivity index (χ0) is 27.6. The number of ether oxygens (including phenoxy) is 1. The van der Waals surface area contributed by atoms with Gasteiger partial charge >= 0.3 is 6.03 Å². The zero-order valence-corrected chi connectivity index (χ0v) is 22.1. The molecule has 2 heterocycles. The maximum Gasteiger partial charge on any atom is 0.331 e. The summed E-state index contributed by atoms with van der Waals surface area (Å²) in [5.41, 5.74) is 0.322. The number of halogens is 1. The molecule has 2 atom stereocenters. The highest BCUT2D eigenvalue weighted by molar-refractivity contribution is 6.16. The molecule has 2 aromatic carbocycles. The van der Waals surface area contributed by atoms with E-state index in [-0.39, 0.29) is 43.3 Å². The summed E-state index contributed by atoms with van der Waals surface area (Å²) in [7, 11) is 2.91. The number of methoxy groups -OCH3 is 1. The number of carbonyl (C=O) groups excluding carboxylic acids is 4. The van der Waals surface area contributed by atoms with Crippen molar-refractivity contribution in [2.24, 2.45) is 0 Å². The first-order valence-electron chi connectivity index (χ1n) is 12.7. The molecule has 2 aliphatic rings. The van der Waals surface area contributed by atoms with Gasteiger partial charge in [-0.3, -0.25) is 24.2 Å². The molecule has 38 heavy (non-hydrogen) atoms. The summed E-state index contributed by atoms with van der Waals surface area (Å²) in [6.45, 7) is 3.94. The van der Waals surface area contributed by atoms with E-state index < -0.39 is 35.4 Å². The Hall–Kier alpha value is -3.79. The van der Waals surface area contributed by atoms with Crippen molar-refractivity contribution >= 4 is 29.4 Å². The topological polar surface area (TPSA) is 99.3 Å². The number of rotatable bonds is 7. The number of nitrogens with zero attached hydrogens (tertiary/aromatic N) is 3. The summed E-state index contributed by atoms with van der Waals surface area (Å²) in [4.78, 5) is 57.1. The van der Waals surface area contributed by atoms with Gasteiger partial charge in [0.1, 0.15) is 17.4 Å². The average Bonchev–Trinajstić information content (AvgIpc) is 3.11. The lowest BCUT2D eigenvalue weighted by atomic mass is 9.85. The van der Waals surface area contributed by atoms with Crippen LogP contribution in [-0.4, -0.2) is 78.5 Å². The molecule has 4 rings (SSSR count). The summed E-state index contributed by atoms with van der Waals surface area (Å²) in [6, 6.07) is 11.7. The van der Waals surface area contributed by atoms with Gasteiger partial charge in [0.2, 0.25) is 5.91 Å². The number of piperidine rings is 1. The Balaban J connectivity index is 1.53. The first-order valence-corrected chi connectivity index (χ1v) is 12.7. The lowest BCUT2D eigenvalue weighted by Gasteiger charge is -2.43. The van der Waals surface area contributed by atoms with Gasteiger partial charge in [-0.25, -0.2) is 9.18 Å². The summed E-state index contributed by atoms with van der Waals surface area (Å²) >= 11 is 0. The third-order valence-electron chi connectivity index (χ3n) is 7.55. The van der Waals surface area contributed by atoms with Crippen LogP contribution < -0.4 is 10.2 Å². The van der Waals surface area contributed by atoms with Gasteiger partial charge in [0.15, 0.2) is 0 Å². The molecule has 0 radical (unpaired) electrons. The monoisotopic (exact) mass is 524 g/mol. The fraction of sp³-hybridized carbons (Fsp3) is 0.429. The van der Waals surface area contributed by atoms with Gasteiger partial charge in [-0.15, -0.1) is 0 Å². The Morgan fingerprint density at radius 1 is 1.11 bits per heavy atom. The third-order valence-corrected chi connectivity index (χ3v) is 7.55. The molecule has 10 heteroatoms. The van der Waals surface area contributed by atoms with Crippen molar-refractivity contribution in [3.05, 3.63) is 65.5 Å². The van der Waals surface area contributed by atoms with Gasteiger partial charge in [0.05, 0.1) is 6.10 Å². The maximum absolute atomic E-state index is 14.0. The number of amides is 5. The second kappa shape index (κ2) is 10.9. The van der Waals surface area contributed by atoms with Crippen LogP contribution in [0.2, 0.25) is 0 Å². The van der Waals surface area contributed by atoms with Crippen LogP contribution in [0.15, 0.2) is 48.5 Å². The van der Waals surface area contributed by atoms with Crippen LogP contribution in [0, 0.1) is 5.82 Å². The Morgan fingerprint density at radius 2 is 1.76 bits per heavy atom. The molecule has 202 valence electrons. The molecule has 0 aromatic heterocycles. The normalized spacial score (nSPS) is 18.6. The number of imide groups is 1. The Bertz CT molecular complexity index is 1230. The smallest absolute Gasteiger partial charge is 0.331 e. The number of carbonyl (C=O) groups is 4. The second-order valence-electron chi connectivity index (χ2n) is 9.77. The van der Waals surface area contributed by atoms with Gasteiger partial charge in [-0.1, -0.05) is 25.1 Å². The van der Waals surface area contributed by atoms with Crippen LogP contribution in [0.25, 0.3) is 0 Å². The summed E-state index contributed by atoms with van der Waals surface area (Å²) in [5, 5.41) is 2.72. The largest absolute Gasteiger partial charge is 0.379 e. The number of para-hydroxylation sites is 1. The molecule has 2 unspecified atom stereocenters. The molecule has 0 saturated carbocycles. The van der Waals surface area contributed by atoms with Crippen LogP contribution in [0.3, 0.4) is 0 Å². The highest BCUT2D eigenvalue weighted by Gasteiger charge is 2.58. The molecule has 5 amide bonds. The van der Waals surface area contributed by atoms with E-state index in [0.717, 1.165) is 11.0 Å². The number of benzene rings is 2. The Labute approximate surface area is 221 Å². The van der Waals surface area contributed by atoms with Crippen molar-refractivity contribution in [1.29, 1.82) is 0 Å². The number of aryl methyl sites for hydroxylation is 1. The predicted octanol–water partition coefficient (Wildman–Crippen LogP) is 2.98. The fourth-order valence-electron chi connectivity index (χ4n) is 5.22. The van der Waals surface area contributed by atoms with Crippen molar-refractivity contribution < 1.29 is 28.3 Å². The fourth-order valence-corrected chi connectivity index (χ4v) is 5.22. The van der Waals surface area contributed by atoms with Gasteiger partial charge < -0.3 is 15.0 Å². The number of anilines is 1. The van der Waals surface area contributed by atoms with Gasteiger partial charge in [0, 0.05) is 38.5 Å². The van der Waals surface area contributed by atoms with E-state index in [4.69, 9.17) is 4.74 Å². The maximum atomic E-state index is 14.0. The van der Waals surface area contributed by atoms with Crippen molar-refractivity contribution in [3.8, 4) is 0 Å². The van der Waals surface area contributed by atoms with E-state index in [1.165, 1.54) is 25.1 Å². The number of hydrogen-bond donors (Lipinski definition) is 1. The average molecular weight is 525 g/mol. The lowest BCUT2D eigenvalue weighted by molar-refractivity contribution is -0.141. The Morgan fingerprint density at radius 3 is 2.37 bits per heavy atom. The molecule has 2 aliphatic heterocycles. The molecule has 2 aromatic rings. The third kappa shape index (κ3) is 4.88. The minimum absolute atomic E-state index is 0.122. The van der Waals surface area contributed by atoms with Crippen molar-refractivity contribution in [1.82, 2.24) is 15.1 Å². The van der Waals surface area contributed by atoms with Gasteiger partial charge in [-0.05, 0) is 62.1 Å². The van der Waals surface area contributed by atoms with Crippen LogP contribution in [0.5, 0.6) is 0 Å². The standard InChI is InChI=1S/C28H33FN4O5/c1-5-19-15-20(17-21(29)16-19)24(34)30-23(18(2)38-4)25(35)32-13-11-28(12-14-32)26(36)31(3)27(37)33(28)22-9-7-6-8-10-22/h6-10,15-18,23H,5,11-14H2,1-4H3,(H,30,34). The first-order chi connectivity index (χ1) is 18.1. The molecule has 1 N–H and O–H groups in total. The van der Waals surface area contributed by atoms with Crippen LogP contribution in [0.4, 0.5) is 14.9 Å². The molecule has 9 nitrogen and oxygen atoms in total. The zero-order valence-electron chi connectivity index (χ0n) is 22.1. The summed E-state index contributed by atoms with van der Waals surface area (Å²) in [5.74, 6) is -1.77. The number of likely N-dealkylation sites (tertiary alicyclic amines) is 1. The second-order valence-corrected chi connectivity index (χ2v) is 9.77. The van der Waals surface area contributed by atoms with Crippen LogP contribution in [0.1, 0.15) is 42.6 Å². The van der Waals surface area contributed by atoms with E-state index >= 15 is 0 Å². The van der Waals surface area contributed by atoms with E-state index in [9.17, 15) is 23.6 Å². The molecule has 2 fully saturated rings. The van der Waals surface area contributed by atoms with E-state index in [1.807, 2.05) is 13.0 Å². The first kappa shape index (κ1) is 27.3. The molecular weight excluding hydrogens is 491 g/mol. The highest BCUT2D eigenvalue weighted by Crippen LogP contribution is 2.40. The van der Waals surface area contributed by atoms with Crippen LogP contribution in [-0.2, 0) is 20.7 Å². The van der Waals surface area contributed by atoms with Crippen molar-refractivity contribution in [2.45, 2.75) is 50.8 Å². The molecule has 1 spiro atoms. The van der Waals surface area contributed by atoms with Crippen LogP contribution >= 0.6 is 0 Å². The molecule has 2 saturated heterocycles. The Kier molecular flexibility index (Phi) is 7.82. The SMILES string of the molecule is CCc1cc(F)cc(C(=O)NC(C(=O)N2CCC3(CC2)C(=O)N(C)C(=O)N3c2ccccc2)C(C)OC)c1. The van der Waals surface area contributed by atoms with Crippen molar-refractivity contribution in [2.75, 3.05) is 32.1 Å². The van der Waals surface area contributed by atoms with Crippen molar-refractivity contribution in [3.63, 3.8) is 0 Å². The van der Waals surface area contributed by atoms with E-state index in [0.29, 0.717) is 17.7 Å². The number of nitrogens with one attached hydrogen (secondary N) is 1. The van der Waals surface area contributed by atoms with Gasteiger partial charge in [0.25, 0.3) is 11.8 Å². The molecule has 0 aliphatic carbocycles. The predicted molar refractivity (Wildman–Crippen MR) is 139 cm³/mol. The number of urea groups is 1. The van der Waals surface area contributed by atoms with E-state index in [2.05, 4.69) is 5.32 Å². The molecule has 0 bridgehead atoms. The molecular formula is C28H33FN4O5. The quantitative estimate of drug-likeness (QED) is 0.562. The minimum Gasteiger partial charge on any atom is -0.379 e. The highest BCUT2D eigenvalue weighted by atomic mass is 19.1. The number of likely N-dealkylation sites (N-methyl/N-ethyl adjacent to an activating group) is 1. The minimum atomic E-state index is -1.09. The number of hydrogen-bond acceptors (Lipinski definition) is 5. The van der Waals surface area contributed by atoms with E-state index in [1.54, 1.807) is 42.2 Å². The van der Waals surface area contributed by atoms with Gasteiger partial charge in [-0.2, -0.15) is 0 Å².